The summed E-state index contributed by atoms with van der Waals surface area (Å²) in [6.07, 6.45) is 1.37. The molecule has 6 nitrogen and oxygen atoms in total. The third-order valence-electron chi connectivity index (χ3n) is 2.35. The molecule has 1 saturated heterocycles. The molecule has 1 unspecified atom stereocenters. The molecule has 0 aromatic carbocycles. The predicted octanol–water partition coefficient (Wildman–Crippen LogP) is 0.353. The lowest BCUT2D eigenvalue weighted by molar-refractivity contribution is -0.122. The molecule has 1 atom stereocenters. The molecule has 1 aliphatic rings. The zero-order valence-corrected chi connectivity index (χ0v) is 9.60. The van der Waals surface area contributed by atoms with Gasteiger partial charge in [0.2, 0.25) is 6.39 Å². The van der Waals surface area contributed by atoms with Crippen LogP contribution in [0.25, 0.3) is 0 Å². The quantitative estimate of drug-likeness (QED) is 0.800. The largest absolute Gasteiger partial charge is 0.371 e. The van der Waals surface area contributed by atoms with E-state index in [9.17, 15) is 0 Å². The summed E-state index contributed by atoms with van der Waals surface area (Å²) in [5, 5.41) is 6.97. The first-order chi connectivity index (χ1) is 7.66. The van der Waals surface area contributed by atoms with Gasteiger partial charge in [0.15, 0.2) is 5.82 Å². The van der Waals surface area contributed by atoms with E-state index in [1.165, 1.54) is 6.39 Å². The normalized spacial score (nSPS) is 24.5. The summed E-state index contributed by atoms with van der Waals surface area (Å²) < 4.78 is 15.9. The zero-order chi connectivity index (χ0) is 11.4. The van der Waals surface area contributed by atoms with Crippen LogP contribution in [0, 0.1) is 0 Å². The Morgan fingerprint density at radius 2 is 2.50 bits per heavy atom. The van der Waals surface area contributed by atoms with Gasteiger partial charge in [-0.25, -0.2) is 0 Å². The van der Waals surface area contributed by atoms with Crippen LogP contribution in [0.5, 0.6) is 0 Å². The van der Waals surface area contributed by atoms with Crippen LogP contribution >= 0.6 is 0 Å². The maximum absolute atomic E-state index is 5.84. The molecule has 1 N–H and O–H groups in total. The van der Waals surface area contributed by atoms with E-state index in [0.717, 1.165) is 13.1 Å². The summed E-state index contributed by atoms with van der Waals surface area (Å²) in [6, 6.07) is 0. The average Bonchev–Trinajstić information content (AvgIpc) is 2.69. The van der Waals surface area contributed by atoms with Gasteiger partial charge < -0.3 is 19.3 Å². The molecule has 6 heteroatoms. The average molecular weight is 227 g/mol. The van der Waals surface area contributed by atoms with E-state index >= 15 is 0 Å². The smallest absolute Gasteiger partial charge is 0.213 e. The molecular formula is C10H17N3O3. The fourth-order valence-corrected chi connectivity index (χ4v) is 1.70. The molecule has 0 saturated carbocycles. The molecule has 16 heavy (non-hydrogen) atoms. The number of ether oxygens (including phenoxy) is 2. The molecule has 0 aliphatic carbocycles. The Kier molecular flexibility index (Phi) is 3.52. The third kappa shape index (κ3) is 3.26. The van der Waals surface area contributed by atoms with Gasteiger partial charge in [-0.2, -0.15) is 4.98 Å². The van der Waals surface area contributed by atoms with Crippen molar-refractivity contribution in [2.24, 2.45) is 0 Å². The van der Waals surface area contributed by atoms with Crippen LogP contribution in [0.15, 0.2) is 10.9 Å². The van der Waals surface area contributed by atoms with Crippen LogP contribution in [-0.4, -0.2) is 41.5 Å². The Morgan fingerprint density at radius 3 is 3.19 bits per heavy atom. The van der Waals surface area contributed by atoms with Crippen molar-refractivity contribution in [1.29, 1.82) is 0 Å². The number of nitrogens with zero attached hydrogens (tertiary/aromatic N) is 2. The first-order valence-electron chi connectivity index (χ1n) is 5.37. The number of nitrogens with one attached hydrogen (secondary N) is 1. The summed E-state index contributed by atoms with van der Waals surface area (Å²) in [5.74, 6) is 0.558. The van der Waals surface area contributed by atoms with Crippen molar-refractivity contribution in [3.05, 3.63) is 12.2 Å². The minimum absolute atomic E-state index is 0.0793. The van der Waals surface area contributed by atoms with Crippen LogP contribution in [0.2, 0.25) is 0 Å². The van der Waals surface area contributed by atoms with Gasteiger partial charge >= 0.3 is 0 Å². The van der Waals surface area contributed by atoms with Crippen LogP contribution in [0.4, 0.5) is 0 Å². The summed E-state index contributed by atoms with van der Waals surface area (Å²) in [7, 11) is 0. The van der Waals surface area contributed by atoms with Crippen molar-refractivity contribution in [3.8, 4) is 0 Å². The highest BCUT2D eigenvalue weighted by molar-refractivity contribution is 4.81. The number of hydrogen-bond acceptors (Lipinski definition) is 6. The zero-order valence-electron chi connectivity index (χ0n) is 9.60. The molecule has 1 aliphatic heterocycles. The first-order valence-corrected chi connectivity index (χ1v) is 5.37. The summed E-state index contributed by atoms with van der Waals surface area (Å²) in [4.78, 5) is 3.87. The maximum Gasteiger partial charge on any atom is 0.213 e. The van der Waals surface area contributed by atoms with Gasteiger partial charge in [0.25, 0.3) is 0 Å². The maximum atomic E-state index is 5.84. The predicted molar refractivity (Wildman–Crippen MR) is 55.8 cm³/mol. The number of hydrogen-bond donors (Lipinski definition) is 1. The summed E-state index contributed by atoms with van der Waals surface area (Å²) in [6.45, 7) is 6.70. The Balaban J connectivity index is 1.70. The Bertz CT molecular complexity index is 313. The highest BCUT2D eigenvalue weighted by Gasteiger charge is 2.28. The van der Waals surface area contributed by atoms with Crippen molar-refractivity contribution < 1.29 is 14.0 Å². The fourth-order valence-electron chi connectivity index (χ4n) is 1.70. The van der Waals surface area contributed by atoms with Gasteiger partial charge in [0, 0.05) is 13.1 Å². The lowest BCUT2D eigenvalue weighted by Crippen LogP contribution is -2.51. The van der Waals surface area contributed by atoms with Crippen LogP contribution < -0.4 is 5.32 Å². The van der Waals surface area contributed by atoms with Crippen molar-refractivity contribution >= 4 is 0 Å². The van der Waals surface area contributed by atoms with E-state index in [-0.39, 0.29) is 11.7 Å². The van der Waals surface area contributed by atoms with Crippen molar-refractivity contribution in [1.82, 2.24) is 15.5 Å². The minimum atomic E-state index is -0.127. The fraction of sp³-hybridized carbons (Fsp3) is 0.800. The van der Waals surface area contributed by atoms with Crippen molar-refractivity contribution in [2.75, 3.05) is 19.7 Å². The van der Waals surface area contributed by atoms with Crippen molar-refractivity contribution in [2.45, 2.75) is 32.2 Å². The van der Waals surface area contributed by atoms with Gasteiger partial charge in [0.05, 0.1) is 18.3 Å². The number of aromatic nitrogens is 2. The van der Waals surface area contributed by atoms with E-state index in [2.05, 4.69) is 33.8 Å². The molecule has 90 valence electrons. The van der Waals surface area contributed by atoms with E-state index in [4.69, 9.17) is 9.47 Å². The third-order valence-corrected chi connectivity index (χ3v) is 2.35. The molecule has 2 heterocycles. The van der Waals surface area contributed by atoms with E-state index in [0.29, 0.717) is 19.0 Å². The SMILES string of the molecule is CC1(C)CNCC(COCc2ncon2)O1. The molecule has 2 rings (SSSR count). The minimum Gasteiger partial charge on any atom is -0.371 e. The van der Waals surface area contributed by atoms with Gasteiger partial charge in [-0.3, -0.25) is 0 Å². The highest BCUT2D eigenvalue weighted by atomic mass is 16.5. The Morgan fingerprint density at radius 1 is 1.62 bits per heavy atom. The standard InChI is InChI=1S/C10H17N3O3/c1-10(2)6-11-3-8(16-10)4-14-5-9-12-7-15-13-9/h7-8,11H,3-6H2,1-2H3. The van der Waals surface area contributed by atoms with E-state index < -0.39 is 0 Å². The van der Waals surface area contributed by atoms with E-state index in [1.54, 1.807) is 0 Å². The van der Waals surface area contributed by atoms with Gasteiger partial charge in [-0.15, -0.1) is 0 Å². The Hall–Kier alpha value is -0.980. The molecule has 1 fully saturated rings. The number of rotatable bonds is 4. The number of morpholine rings is 1. The molecule has 0 amide bonds. The van der Waals surface area contributed by atoms with Crippen LogP contribution in [-0.2, 0) is 16.1 Å². The molecule has 1 aromatic heterocycles. The molecule has 0 radical (unpaired) electrons. The van der Waals surface area contributed by atoms with Crippen LogP contribution in [0.3, 0.4) is 0 Å². The highest BCUT2D eigenvalue weighted by Crippen LogP contribution is 2.15. The monoisotopic (exact) mass is 227 g/mol. The van der Waals surface area contributed by atoms with Gasteiger partial charge in [-0.05, 0) is 13.8 Å². The Labute approximate surface area is 94.3 Å². The lowest BCUT2D eigenvalue weighted by atomic mass is 10.1. The molecule has 0 spiro atoms. The molecular weight excluding hydrogens is 210 g/mol. The van der Waals surface area contributed by atoms with Crippen LogP contribution in [0.1, 0.15) is 19.7 Å². The summed E-state index contributed by atoms with van der Waals surface area (Å²) in [5.41, 5.74) is -0.127. The lowest BCUT2D eigenvalue weighted by Gasteiger charge is -2.36. The van der Waals surface area contributed by atoms with Crippen molar-refractivity contribution in [3.63, 3.8) is 0 Å². The second kappa shape index (κ2) is 4.90. The second-order valence-corrected chi connectivity index (χ2v) is 4.49. The topological polar surface area (TPSA) is 69.4 Å². The van der Waals surface area contributed by atoms with Gasteiger partial charge in [0.1, 0.15) is 6.61 Å². The first kappa shape index (κ1) is 11.5. The summed E-state index contributed by atoms with van der Waals surface area (Å²) >= 11 is 0. The van der Waals surface area contributed by atoms with Gasteiger partial charge in [-0.1, -0.05) is 5.16 Å². The molecule has 1 aromatic rings. The second-order valence-electron chi connectivity index (χ2n) is 4.49. The van der Waals surface area contributed by atoms with E-state index in [1.807, 2.05) is 0 Å². The molecule has 0 bridgehead atoms.